The molecule has 1 aliphatic rings. The third-order valence-corrected chi connectivity index (χ3v) is 11.1. The molecule has 0 spiro atoms. The van der Waals surface area contributed by atoms with Crippen LogP contribution in [0.25, 0.3) is 0 Å². The Balaban J connectivity index is 3.60. The van der Waals surface area contributed by atoms with Crippen molar-refractivity contribution in [2.24, 2.45) is 5.73 Å². The molecule has 2 atom stereocenters. The number of methoxy groups -OCH3 is 1. The molecule has 8 heteroatoms. The van der Waals surface area contributed by atoms with E-state index in [1.807, 2.05) is 6.92 Å². The highest BCUT2D eigenvalue weighted by Crippen LogP contribution is 2.49. The fourth-order valence-electron chi connectivity index (χ4n) is 3.60. The van der Waals surface area contributed by atoms with Crippen molar-refractivity contribution in [1.29, 1.82) is 0 Å². The quantitative estimate of drug-likeness (QED) is 0.731. The third-order valence-electron chi connectivity index (χ3n) is 4.62. The largest absolute Gasteiger partial charge is 0.396 e. The summed E-state index contributed by atoms with van der Waals surface area (Å²) >= 11 is 0. The Morgan fingerprint density at radius 1 is 1.25 bits per heavy atom. The van der Waals surface area contributed by atoms with E-state index < -0.39 is 28.5 Å². The highest BCUT2D eigenvalue weighted by molar-refractivity contribution is 7.92. The monoisotopic (exact) mass is 325 g/mol. The molecular weight excluding hydrogens is 298 g/mol. The van der Waals surface area contributed by atoms with Crippen molar-refractivity contribution in [3.63, 3.8) is 0 Å². The molecule has 1 rings (SSSR count). The number of sulfone groups is 1. The van der Waals surface area contributed by atoms with Crippen LogP contribution in [0.15, 0.2) is 0 Å². The molecule has 1 aliphatic heterocycles. The van der Waals surface area contributed by atoms with Gasteiger partial charge in [0.25, 0.3) is 0 Å². The van der Waals surface area contributed by atoms with E-state index in [2.05, 4.69) is 0 Å². The molecule has 0 radical (unpaired) electrons. The van der Waals surface area contributed by atoms with E-state index in [0.717, 1.165) is 6.42 Å². The van der Waals surface area contributed by atoms with Gasteiger partial charge in [-0.3, -0.25) is 0 Å². The van der Waals surface area contributed by atoms with Crippen molar-refractivity contribution >= 4 is 18.4 Å². The molecule has 2 unspecified atom stereocenters. The first-order chi connectivity index (χ1) is 9.20. The van der Waals surface area contributed by atoms with E-state index in [-0.39, 0.29) is 0 Å². The zero-order valence-electron chi connectivity index (χ0n) is 13.1. The number of hydrogen-bond donors (Lipinski definition) is 1. The molecule has 1 heterocycles. The van der Waals surface area contributed by atoms with Crippen LogP contribution in [0.1, 0.15) is 32.6 Å². The summed E-state index contributed by atoms with van der Waals surface area (Å²) in [6.45, 7) is 1.97. The standard InChI is InChI=1S/C12H27NO5SSi/c1-6-8-12(16-2)11(13,19(5,14)15)9-7-10-20(12,17-3)18-4/h6-10,13H2,1-5H3. The van der Waals surface area contributed by atoms with Gasteiger partial charge >= 0.3 is 8.56 Å². The van der Waals surface area contributed by atoms with Gasteiger partial charge in [-0.2, -0.15) is 0 Å². The van der Waals surface area contributed by atoms with Crippen LogP contribution in [0.2, 0.25) is 6.04 Å². The van der Waals surface area contributed by atoms with Crippen LogP contribution in [0.5, 0.6) is 0 Å². The number of hydrogen-bond acceptors (Lipinski definition) is 6. The van der Waals surface area contributed by atoms with Crippen molar-refractivity contribution in [2.45, 2.75) is 48.7 Å². The molecule has 0 saturated carbocycles. The summed E-state index contributed by atoms with van der Waals surface area (Å²) in [7, 11) is -1.80. The van der Waals surface area contributed by atoms with E-state index >= 15 is 0 Å². The van der Waals surface area contributed by atoms with E-state index in [4.69, 9.17) is 19.3 Å². The Bertz CT molecular complexity index is 439. The normalized spacial score (nSPS) is 34.1. The first-order valence-electron chi connectivity index (χ1n) is 6.84. The predicted octanol–water partition coefficient (Wildman–Crippen LogP) is 0.939. The molecule has 120 valence electrons. The summed E-state index contributed by atoms with van der Waals surface area (Å²) in [6, 6.07) is 0.683. The second kappa shape index (κ2) is 6.02. The topological polar surface area (TPSA) is 87.9 Å². The van der Waals surface area contributed by atoms with Crippen LogP contribution in [0, 0.1) is 0 Å². The first kappa shape index (κ1) is 18.1. The van der Waals surface area contributed by atoms with Crippen LogP contribution in [-0.4, -0.2) is 54.7 Å². The maximum atomic E-state index is 12.4. The summed E-state index contributed by atoms with van der Waals surface area (Å²) in [4.78, 5) is -1.47. The lowest BCUT2D eigenvalue weighted by Gasteiger charge is -2.56. The van der Waals surface area contributed by atoms with Gasteiger partial charge in [0.15, 0.2) is 9.84 Å². The minimum atomic E-state index is -3.53. The lowest BCUT2D eigenvalue weighted by molar-refractivity contribution is -0.0407. The summed E-state index contributed by atoms with van der Waals surface area (Å²) < 4.78 is 42.0. The number of rotatable bonds is 6. The van der Waals surface area contributed by atoms with Crippen molar-refractivity contribution in [3.8, 4) is 0 Å². The Morgan fingerprint density at radius 2 is 1.80 bits per heavy atom. The Labute approximate surface area is 123 Å². The van der Waals surface area contributed by atoms with Crippen LogP contribution in [0.4, 0.5) is 0 Å². The molecule has 0 aromatic rings. The van der Waals surface area contributed by atoms with E-state index in [1.165, 1.54) is 13.4 Å². The van der Waals surface area contributed by atoms with Gasteiger partial charge in [-0.1, -0.05) is 13.3 Å². The van der Waals surface area contributed by atoms with Gasteiger partial charge in [0.05, 0.1) is 0 Å². The van der Waals surface area contributed by atoms with E-state index in [1.54, 1.807) is 14.2 Å². The number of ether oxygens (including phenoxy) is 1. The Kier molecular flexibility index (Phi) is 5.43. The highest BCUT2D eigenvalue weighted by atomic mass is 32.2. The van der Waals surface area contributed by atoms with Gasteiger partial charge in [-0.05, 0) is 25.3 Å². The van der Waals surface area contributed by atoms with E-state index in [9.17, 15) is 8.42 Å². The zero-order chi connectivity index (χ0) is 15.7. The van der Waals surface area contributed by atoms with Gasteiger partial charge < -0.3 is 19.3 Å². The molecule has 2 N–H and O–H groups in total. The summed E-state index contributed by atoms with van der Waals surface area (Å²) in [5.41, 5.74) is 6.40. The van der Waals surface area contributed by atoms with Crippen LogP contribution in [0.3, 0.4) is 0 Å². The average molecular weight is 326 g/mol. The van der Waals surface area contributed by atoms with Crippen LogP contribution >= 0.6 is 0 Å². The third kappa shape index (κ3) is 2.26. The lowest BCUT2D eigenvalue weighted by atomic mass is 9.99. The molecule has 20 heavy (non-hydrogen) atoms. The number of nitrogens with two attached hydrogens (primary N) is 1. The predicted molar refractivity (Wildman–Crippen MR) is 80.2 cm³/mol. The van der Waals surface area contributed by atoms with Crippen molar-refractivity contribution in [3.05, 3.63) is 0 Å². The molecule has 6 nitrogen and oxygen atoms in total. The Hall–Kier alpha value is 0.00688. The molecule has 1 saturated heterocycles. The van der Waals surface area contributed by atoms with Crippen molar-refractivity contribution in [2.75, 3.05) is 27.6 Å². The van der Waals surface area contributed by atoms with Crippen molar-refractivity contribution in [1.82, 2.24) is 0 Å². The first-order valence-corrected chi connectivity index (χ1v) is 10.8. The second-order valence-electron chi connectivity index (χ2n) is 5.46. The van der Waals surface area contributed by atoms with Crippen molar-refractivity contribution < 1.29 is 22.0 Å². The SMILES string of the molecule is CCCC1(OC)C(N)(S(C)(=O)=O)CCC[Si]1(OC)OC. The van der Waals surface area contributed by atoms with Crippen LogP contribution in [-0.2, 0) is 23.4 Å². The van der Waals surface area contributed by atoms with Gasteiger partial charge in [-0.15, -0.1) is 0 Å². The molecule has 0 aromatic carbocycles. The lowest BCUT2D eigenvalue weighted by Crippen LogP contribution is -2.80. The van der Waals surface area contributed by atoms with Gasteiger partial charge in [0.1, 0.15) is 10.1 Å². The zero-order valence-corrected chi connectivity index (χ0v) is 14.9. The van der Waals surface area contributed by atoms with Crippen LogP contribution < -0.4 is 5.73 Å². The maximum absolute atomic E-state index is 12.4. The maximum Gasteiger partial charge on any atom is 0.373 e. The summed E-state index contributed by atoms with van der Waals surface area (Å²) in [5.74, 6) is 0. The average Bonchev–Trinajstić information content (AvgIpc) is 2.40. The molecule has 0 amide bonds. The summed E-state index contributed by atoms with van der Waals surface area (Å²) in [6.07, 6.45) is 3.43. The molecular formula is C12H27NO5SSi. The fourth-order valence-corrected chi connectivity index (χ4v) is 9.91. The highest BCUT2D eigenvalue weighted by Gasteiger charge is 2.72. The van der Waals surface area contributed by atoms with Gasteiger partial charge in [0, 0.05) is 27.6 Å². The Morgan fingerprint density at radius 3 is 2.15 bits per heavy atom. The molecule has 0 bridgehead atoms. The minimum absolute atomic E-state index is 0.362. The molecule has 0 aliphatic carbocycles. The minimum Gasteiger partial charge on any atom is -0.396 e. The van der Waals surface area contributed by atoms with Gasteiger partial charge in [0.2, 0.25) is 0 Å². The van der Waals surface area contributed by atoms with Gasteiger partial charge in [-0.25, -0.2) is 8.42 Å². The summed E-state index contributed by atoms with van der Waals surface area (Å²) in [5, 5.41) is -1.09. The second-order valence-corrected chi connectivity index (χ2v) is 11.4. The van der Waals surface area contributed by atoms with E-state index in [0.29, 0.717) is 25.3 Å². The molecule has 0 aromatic heterocycles. The molecule has 1 fully saturated rings. The smallest absolute Gasteiger partial charge is 0.373 e. The fraction of sp³-hybridized carbons (Fsp3) is 1.00.